The fourth-order valence-corrected chi connectivity index (χ4v) is 5.64. The van der Waals surface area contributed by atoms with Crippen LogP contribution in [0.1, 0.15) is 37.7 Å². The second-order valence-electron chi connectivity index (χ2n) is 5.91. The number of halogens is 1. The third-order valence-electron chi connectivity index (χ3n) is 4.48. The molecule has 0 saturated carbocycles. The Morgan fingerprint density at radius 2 is 1.79 bits per heavy atom. The molecular weight excluding hydrogens is 263 g/mol. The minimum atomic E-state index is -0.726. The molecule has 2 nitrogen and oxygen atoms in total. The monoisotopic (exact) mass is 282 g/mol. The lowest BCUT2D eigenvalue weighted by Crippen LogP contribution is -2.42. The molecule has 0 aromatic heterocycles. The average Bonchev–Trinajstić information content (AvgIpc) is 2.62. The zero-order chi connectivity index (χ0) is 13.5. The van der Waals surface area contributed by atoms with Gasteiger partial charge in [0, 0.05) is 21.3 Å². The minimum Gasteiger partial charge on any atom is -0.390 e. The Bertz CT molecular complexity index is 469. The average molecular weight is 282 g/mol. The highest BCUT2D eigenvalue weighted by molar-refractivity contribution is 7.86. The van der Waals surface area contributed by atoms with Crippen LogP contribution in [-0.4, -0.2) is 25.4 Å². The van der Waals surface area contributed by atoms with Crippen LogP contribution in [0, 0.1) is 5.82 Å². The number of fused-ring (bicyclic) bond motifs is 2. The van der Waals surface area contributed by atoms with Gasteiger partial charge >= 0.3 is 0 Å². The lowest BCUT2D eigenvalue weighted by Gasteiger charge is -2.36. The van der Waals surface area contributed by atoms with Gasteiger partial charge in [0.25, 0.3) is 0 Å². The summed E-state index contributed by atoms with van der Waals surface area (Å²) in [7, 11) is -0.726. The van der Waals surface area contributed by atoms with Crippen molar-refractivity contribution in [3.63, 3.8) is 0 Å². The number of hydrogen-bond acceptors (Lipinski definition) is 2. The maximum atomic E-state index is 12.8. The van der Waals surface area contributed by atoms with E-state index in [4.69, 9.17) is 0 Å². The maximum absolute atomic E-state index is 12.8. The molecule has 2 aliphatic rings. The number of aryl methyl sites for hydroxylation is 1. The van der Waals surface area contributed by atoms with Crippen LogP contribution in [0.2, 0.25) is 0 Å². The van der Waals surface area contributed by atoms with Gasteiger partial charge in [-0.15, -0.1) is 0 Å². The van der Waals surface area contributed by atoms with Crippen molar-refractivity contribution in [2.24, 2.45) is 0 Å². The normalized spacial score (nSPS) is 37.5. The van der Waals surface area contributed by atoms with E-state index in [1.54, 1.807) is 12.1 Å². The van der Waals surface area contributed by atoms with Gasteiger partial charge in [0.2, 0.25) is 0 Å². The standard InChI is InChI=1S/C15H19FO2S/c16-12-3-1-11(2-4-12)7-8-15(17)9-13-5-6-14(10-15)19(13)18/h1-4,13-14,17H,5-10H2. The largest absolute Gasteiger partial charge is 0.390 e. The molecule has 2 atom stereocenters. The second kappa shape index (κ2) is 4.98. The van der Waals surface area contributed by atoms with Crippen molar-refractivity contribution in [2.75, 3.05) is 0 Å². The van der Waals surface area contributed by atoms with Gasteiger partial charge in [-0.25, -0.2) is 4.39 Å². The molecule has 1 aromatic carbocycles. The molecule has 104 valence electrons. The van der Waals surface area contributed by atoms with Crippen molar-refractivity contribution < 1.29 is 13.7 Å². The van der Waals surface area contributed by atoms with Crippen molar-refractivity contribution in [3.8, 4) is 0 Å². The number of benzene rings is 1. The molecule has 2 heterocycles. The zero-order valence-electron chi connectivity index (χ0n) is 10.8. The quantitative estimate of drug-likeness (QED) is 0.925. The van der Waals surface area contributed by atoms with E-state index in [2.05, 4.69) is 0 Å². The summed E-state index contributed by atoms with van der Waals surface area (Å²) in [5.41, 5.74) is 0.377. The molecule has 2 aliphatic heterocycles. The minimum absolute atomic E-state index is 0.192. The van der Waals surface area contributed by atoms with Gasteiger partial charge in [0.15, 0.2) is 0 Å². The Balaban J connectivity index is 1.63. The molecular formula is C15H19FO2S. The lowest BCUT2D eigenvalue weighted by molar-refractivity contribution is 0.0146. The first-order chi connectivity index (χ1) is 9.06. The molecule has 2 fully saturated rings. The molecule has 1 N–H and O–H groups in total. The van der Waals surface area contributed by atoms with Crippen molar-refractivity contribution in [2.45, 2.75) is 54.6 Å². The van der Waals surface area contributed by atoms with Gasteiger partial charge < -0.3 is 5.11 Å². The SMILES string of the molecule is O=S1C2CCC1CC(O)(CCc1ccc(F)cc1)C2. The van der Waals surface area contributed by atoms with E-state index in [9.17, 15) is 13.7 Å². The third kappa shape index (κ3) is 2.75. The number of aliphatic hydroxyl groups is 1. The topological polar surface area (TPSA) is 37.3 Å². The Morgan fingerprint density at radius 3 is 2.37 bits per heavy atom. The summed E-state index contributed by atoms with van der Waals surface area (Å²) in [6.45, 7) is 0. The maximum Gasteiger partial charge on any atom is 0.123 e. The predicted octanol–water partition coefficient (Wildman–Crippen LogP) is 2.56. The molecule has 0 aliphatic carbocycles. The molecule has 0 amide bonds. The van der Waals surface area contributed by atoms with Crippen LogP contribution in [0.5, 0.6) is 0 Å². The number of rotatable bonds is 3. The molecule has 2 bridgehead atoms. The summed E-state index contributed by atoms with van der Waals surface area (Å²) in [4.78, 5) is 0. The van der Waals surface area contributed by atoms with Gasteiger partial charge in [-0.2, -0.15) is 0 Å². The van der Waals surface area contributed by atoms with E-state index in [0.29, 0.717) is 19.3 Å². The molecule has 0 spiro atoms. The fourth-order valence-electron chi connectivity index (χ4n) is 3.41. The summed E-state index contributed by atoms with van der Waals surface area (Å²) in [5.74, 6) is -0.228. The van der Waals surface area contributed by atoms with Gasteiger partial charge in [-0.1, -0.05) is 12.1 Å². The van der Waals surface area contributed by atoms with Crippen molar-refractivity contribution >= 4 is 10.8 Å². The van der Waals surface area contributed by atoms with Crippen LogP contribution in [0.15, 0.2) is 24.3 Å². The van der Waals surface area contributed by atoms with Crippen LogP contribution in [0.3, 0.4) is 0 Å². The van der Waals surface area contributed by atoms with Crippen LogP contribution in [0.4, 0.5) is 4.39 Å². The summed E-state index contributed by atoms with van der Waals surface area (Å²) in [6, 6.07) is 6.46. The highest BCUT2D eigenvalue weighted by atomic mass is 32.2. The lowest BCUT2D eigenvalue weighted by atomic mass is 9.87. The molecule has 0 radical (unpaired) electrons. The summed E-state index contributed by atoms with van der Waals surface area (Å²) in [6.07, 6.45) is 4.76. The van der Waals surface area contributed by atoms with Crippen LogP contribution >= 0.6 is 0 Å². The van der Waals surface area contributed by atoms with Crippen LogP contribution < -0.4 is 0 Å². The first-order valence-electron chi connectivity index (χ1n) is 6.92. The second-order valence-corrected chi connectivity index (χ2v) is 7.90. The van der Waals surface area contributed by atoms with Gasteiger partial charge in [0.05, 0.1) is 5.60 Å². The van der Waals surface area contributed by atoms with Gasteiger partial charge in [0.1, 0.15) is 5.82 Å². The van der Waals surface area contributed by atoms with E-state index in [1.165, 1.54) is 12.1 Å². The van der Waals surface area contributed by atoms with Gasteiger partial charge in [-0.05, 0) is 56.2 Å². The first kappa shape index (κ1) is 13.3. The fraction of sp³-hybridized carbons (Fsp3) is 0.600. The van der Waals surface area contributed by atoms with Crippen molar-refractivity contribution in [1.82, 2.24) is 0 Å². The first-order valence-corrected chi connectivity index (χ1v) is 8.20. The molecule has 3 rings (SSSR count). The highest BCUT2D eigenvalue weighted by Crippen LogP contribution is 2.42. The zero-order valence-corrected chi connectivity index (χ0v) is 11.7. The smallest absolute Gasteiger partial charge is 0.123 e. The van der Waals surface area contributed by atoms with E-state index >= 15 is 0 Å². The summed E-state index contributed by atoms with van der Waals surface area (Å²) < 4.78 is 24.8. The van der Waals surface area contributed by atoms with Crippen LogP contribution in [-0.2, 0) is 17.2 Å². The Morgan fingerprint density at radius 1 is 1.21 bits per heavy atom. The van der Waals surface area contributed by atoms with E-state index in [1.807, 2.05) is 0 Å². The molecule has 2 unspecified atom stereocenters. The van der Waals surface area contributed by atoms with E-state index in [-0.39, 0.29) is 16.3 Å². The molecule has 4 heteroatoms. The Labute approximate surface area is 115 Å². The predicted molar refractivity (Wildman–Crippen MR) is 73.9 cm³/mol. The highest BCUT2D eigenvalue weighted by Gasteiger charge is 2.47. The third-order valence-corrected chi connectivity index (χ3v) is 6.59. The Hall–Kier alpha value is -0.740. The Kier molecular flexibility index (Phi) is 3.48. The van der Waals surface area contributed by atoms with Crippen LogP contribution in [0.25, 0.3) is 0 Å². The van der Waals surface area contributed by atoms with E-state index in [0.717, 1.165) is 24.8 Å². The summed E-state index contributed by atoms with van der Waals surface area (Å²) in [5, 5.41) is 11.1. The molecule has 19 heavy (non-hydrogen) atoms. The molecule has 1 aromatic rings. The summed E-state index contributed by atoms with van der Waals surface area (Å²) >= 11 is 0. The van der Waals surface area contributed by atoms with Crippen molar-refractivity contribution in [1.29, 1.82) is 0 Å². The van der Waals surface area contributed by atoms with E-state index < -0.39 is 16.4 Å². The van der Waals surface area contributed by atoms with Gasteiger partial charge in [-0.3, -0.25) is 4.21 Å². The van der Waals surface area contributed by atoms with Crippen molar-refractivity contribution in [3.05, 3.63) is 35.6 Å². The molecule has 2 saturated heterocycles. The number of hydrogen-bond donors (Lipinski definition) is 1.